The van der Waals surface area contributed by atoms with Crippen LogP contribution in [-0.4, -0.2) is 26.7 Å². The van der Waals surface area contributed by atoms with Crippen LogP contribution in [0.3, 0.4) is 0 Å². The van der Waals surface area contributed by atoms with E-state index in [4.69, 9.17) is 74.3 Å². The Labute approximate surface area is 153 Å². The third-order valence-electron chi connectivity index (χ3n) is 1.40. The summed E-state index contributed by atoms with van der Waals surface area (Å²) < 4.78 is 8.22. The van der Waals surface area contributed by atoms with Gasteiger partial charge in [-0.05, 0) is 81.9 Å². The first kappa shape index (κ1) is 23.7. The molecule has 0 spiro atoms. The average molecular weight is 427 g/mol. The molecule has 0 rings (SSSR count). The summed E-state index contributed by atoms with van der Waals surface area (Å²) in [4.78, 5) is 20.7. The van der Waals surface area contributed by atoms with E-state index in [0.29, 0.717) is 12.5 Å². The minimum atomic E-state index is -2.24. The van der Waals surface area contributed by atoms with Crippen LogP contribution in [0.1, 0.15) is 27.2 Å². The zero-order valence-electron chi connectivity index (χ0n) is 11.3. The van der Waals surface area contributed by atoms with Crippen molar-refractivity contribution in [2.45, 2.75) is 35.1 Å². The van der Waals surface area contributed by atoms with Crippen LogP contribution in [-0.2, 0) is 19.0 Å². The summed E-state index contributed by atoms with van der Waals surface area (Å²) in [6.45, 7) is 6.19. The van der Waals surface area contributed by atoms with Crippen LogP contribution < -0.4 is 0 Å². The van der Waals surface area contributed by atoms with Gasteiger partial charge in [-0.3, -0.25) is 4.79 Å². The first-order chi connectivity index (χ1) is 9.23. The molecule has 0 atom stereocenters. The largest absolute Gasteiger partial charge is 0.515 e. The van der Waals surface area contributed by atoms with Gasteiger partial charge in [0.1, 0.15) is 0 Å². The van der Waals surface area contributed by atoms with Crippen molar-refractivity contribution in [3.8, 4) is 0 Å². The number of alkyl halides is 6. The summed E-state index contributed by atoms with van der Waals surface area (Å²) in [7, 11) is 0. The molecule has 0 unspecified atom stereocenters. The molecule has 0 aromatic carbocycles. The van der Waals surface area contributed by atoms with Crippen molar-refractivity contribution >= 4 is 81.7 Å². The molecule has 0 aliphatic rings. The van der Waals surface area contributed by atoms with Crippen LogP contribution >= 0.6 is 69.6 Å². The lowest BCUT2D eigenvalue weighted by Crippen LogP contribution is -2.22. The molecule has 0 aliphatic heterocycles. The smallest absolute Gasteiger partial charge is 0.466 e. The third-order valence-corrected chi connectivity index (χ3v) is 1.86. The molecule has 0 radical (unpaired) electrons. The minimum Gasteiger partial charge on any atom is -0.466 e. The summed E-state index contributed by atoms with van der Waals surface area (Å²) in [6.07, 6.45) is -0.449. The van der Waals surface area contributed by atoms with Crippen LogP contribution in [0.25, 0.3) is 0 Å². The Morgan fingerprint density at radius 3 is 1.57 bits per heavy atom. The SMILES string of the molecule is CC(=O)OCCC(C)C.O=C(OC(Cl)(Cl)Cl)OC(Cl)(Cl)Cl. The van der Waals surface area contributed by atoms with Crippen molar-refractivity contribution in [3.05, 3.63) is 0 Å². The standard InChI is InChI=1S/C7H14O2.C3Cl6O3/c1-6(2)4-5-9-7(3)8;4-2(5,6)11-1(10)12-3(7,8)9/h6H,4-5H2,1-3H3;. The number of hydrogen-bond acceptors (Lipinski definition) is 5. The fourth-order valence-corrected chi connectivity index (χ4v) is 1.03. The van der Waals surface area contributed by atoms with Crippen molar-refractivity contribution in [2.24, 2.45) is 5.92 Å². The summed E-state index contributed by atoms with van der Waals surface area (Å²) >= 11 is 30.2. The van der Waals surface area contributed by atoms with Crippen molar-refractivity contribution < 1.29 is 23.8 Å². The molecule has 0 saturated heterocycles. The number of carbonyl (C=O) groups excluding carboxylic acids is 2. The van der Waals surface area contributed by atoms with Gasteiger partial charge in [0, 0.05) is 6.92 Å². The van der Waals surface area contributed by atoms with Crippen LogP contribution in [0.5, 0.6) is 0 Å². The van der Waals surface area contributed by atoms with Gasteiger partial charge in [-0.2, -0.15) is 0 Å². The maximum absolute atomic E-state index is 10.5. The Balaban J connectivity index is 0. The van der Waals surface area contributed by atoms with Gasteiger partial charge in [-0.1, -0.05) is 13.8 Å². The van der Waals surface area contributed by atoms with E-state index in [1.807, 2.05) is 0 Å². The molecular weight excluding hydrogens is 413 g/mol. The third kappa shape index (κ3) is 25.8. The number of halogens is 6. The highest BCUT2D eigenvalue weighted by molar-refractivity contribution is 6.67. The van der Waals surface area contributed by atoms with E-state index in [-0.39, 0.29) is 5.97 Å². The maximum Gasteiger partial charge on any atom is 0.515 e. The van der Waals surface area contributed by atoms with Gasteiger partial charge in [0.15, 0.2) is 0 Å². The summed E-state index contributed by atoms with van der Waals surface area (Å²) in [6, 6.07) is 0. The number of esters is 1. The van der Waals surface area contributed by atoms with Crippen LogP contribution in [0.4, 0.5) is 4.79 Å². The van der Waals surface area contributed by atoms with Gasteiger partial charge >= 0.3 is 20.1 Å². The molecule has 0 aromatic heterocycles. The predicted octanol–water partition coefficient (Wildman–Crippen LogP) is 5.39. The molecule has 11 heteroatoms. The van der Waals surface area contributed by atoms with E-state index in [2.05, 4.69) is 23.3 Å². The van der Waals surface area contributed by atoms with Gasteiger partial charge in [0.2, 0.25) is 0 Å². The van der Waals surface area contributed by atoms with Gasteiger partial charge < -0.3 is 14.2 Å². The van der Waals surface area contributed by atoms with Crippen LogP contribution in [0.2, 0.25) is 0 Å². The Kier molecular flexibility index (Phi) is 12.5. The number of ether oxygens (including phenoxy) is 3. The number of rotatable bonds is 3. The molecule has 0 fully saturated rings. The Morgan fingerprint density at radius 2 is 1.33 bits per heavy atom. The molecule has 21 heavy (non-hydrogen) atoms. The first-order valence-corrected chi connectivity index (χ1v) is 7.68. The second-order valence-electron chi connectivity index (χ2n) is 3.87. The lowest BCUT2D eigenvalue weighted by Gasteiger charge is -2.15. The zero-order chi connectivity index (χ0) is 17.3. The second-order valence-corrected chi connectivity index (χ2v) is 8.22. The van der Waals surface area contributed by atoms with Crippen LogP contribution in [0, 0.1) is 5.92 Å². The molecular formula is C10H14Cl6O5. The number of carbonyl (C=O) groups is 2. The minimum absolute atomic E-state index is 0.185. The molecule has 0 bridgehead atoms. The van der Waals surface area contributed by atoms with Crippen LogP contribution in [0.15, 0.2) is 0 Å². The van der Waals surface area contributed by atoms with Crippen molar-refractivity contribution in [2.75, 3.05) is 6.61 Å². The lowest BCUT2D eigenvalue weighted by atomic mass is 10.1. The van der Waals surface area contributed by atoms with Crippen molar-refractivity contribution in [1.29, 1.82) is 0 Å². The molecule has 0 N–H and O–H groups in total. The quantitative estimate of drug-likeness (QED) is 0.447. The second kappa shape index (κ2) is 11.1. The van der Waals surface area contributed by atoms with Gasteiger partial charge in [0.05, 0.1) is 6.61 Å². The lowest BCUT2D eigenvalue weighted by molar-refractivity contribution is -0.141. The van der Waals surface area contributed by atoms with E-state index in [0.717, 1.165) is 6.42 Å². The van der Waals surface area contributed by atoms with Crippen molar-refractivity contribution in [3.63, 3.8) is 0 Å². The highest BCUT2D eigenvalue weighted by Crippen LogP contribution is 2.32. The van der Waals surface area contributed by atoms with E-state index >= 15 is 0 Å². The Hall–Kier alpha value is 0.480. The van der Waals surface area contributed by atoms with E-state index in [9.17, 15) is 9.59 Å². The van der Waals surface area contributed by atoms with E-state index in [1.54, 1.807) is 0 Å². The predicted molar refractivity (Wildman–Crippen MR) is 84.2 cm³/mol. The highest BCUT2D eigenvalue weighted by Gasteiger charge is 2.32. The summed E-state index contributed by atoms with van der Waals surface area (Å²) in [5, 5.41) is 0. The Bertz CT molecular complexity index is 305. The highest BCUT2D eigenvalue weighted by atomic mass is 35.6. The molecule has 5 nitrogen and oxygen atoms in total. The Morgan fingerprint density at radius 1 is 0.952 bits per heavy atom. The molecule has 0 amide bonds. The molecule has 0 aliphatic carbocycles. The van der Waals surface area contributed by atoms with E-state index < -0.39 is 14.1 Å². The van der Waals surface area contributed by atoms with Crippen molar-refractivity contribution in [1.82, 2.24) is 0 Å². The molecule has 0 aromatic rings. The fraction of sp³-hybridized carbons (Fsp3) is 0.800. The molecule has 0 heterocycles. The monoisotopic (exact) mass is 424 g/mol. The fourth-order valence-electron chi connectivity index (χ4n) is 0.648. The van der Waals surface area contributed by atoms with E-state index in [1.165, 1.54) is 6.92 Å². The zero-order valence-corrected chi connectivity index (χ0v) is 15.8. The van der Waals surface area contributed by atoms with Gasteiger partial charge in [-0.15, -0.1) is 0 Å². The van der Waals surface area contributed by atoms with Gasteiger partial charge in [-0.25, -0.2) is 4.79 Å². The van der Waals surface area contributed by atoms with Gasteiger partial charge in [0.25, 0.3) is 0 Å². The average Bonchev–Trinajstić information content (AvgIpc) is 2.09. The summed E-state index contributed by atoms with van der Waals surface area (Å²) in [5.74, 6) is 0.431. The maximum atomic E-state index is 10.5. The number of hydrogen-bond donors (Lipinski definition) is 0. The normalized spacial score (nSPS) is 11.3. The first-order valence-electron chi connectivity index (χ1n) is 5.41. The molecule has 0 saturated carbocycles. The summed E-state index contributed by atoms with van der Waals surface area (Å²) in [5.41, 5.74) is 0. The topological polar surface area (TPSA) is 61.8 Å². The molecule has 126 valence electrons.